The van der Waals surface area contributed by atoms with Crippen molar-refractivity contribution < 1.29 is 0 Å². The van der Waals surface area contributed by atoms with Crippen molar-refractivity contribution in [3.8, 4) is 6.07 Å². The molecule has 2 heteroatoms. The minimum atomic E-state index is -0.556. The SMILES string of the molecule is N#C[C@@]1(Cl)C[C@@H]2C=C[C@H]1C2. The predicted octanol–water partition coefficient (Wildman–Crippen LogP) is 2.08. The first-order valence-corrected chi connectivity index (χ1v) is 3.91. The fourth-order valence-electron chi connectivity index (χ4n) is 1.93. The zero-order chi connectivity index (χ0) is 7.19. The van der Waals surface area contributed by atoms with Gasteiger partial charge < -0.3 is 0 Å². The normalized spacial score (nSPS) is 49.6. The number of alkyl halides is 1. The van der Waals surface area contributed by atoms with Gasteiger partial charge in [0.25, 0.3) is 0 Å². The Morgan fingerprint density at radius 1 is 1.60 bits per heavy atom. The van der Waals surface area contributed by atoms with E-state index in [0.29, 0.717) is 11.8 Å². The van der Waals surface area contributed by atoms with Crippen molar-refractivity contribution >= 4 is 11.6 Å². The molecule has 2 bridgehead atoms. The summed E-state index contributed by atoms with van der Waals surface area (Å²) in [5.74, 6) is 0.909. The predicted molar refractivity (Wildman–Crippen MR) is 39.6 cm³/mol. The highest BCUT2D eigenvalue weighted by Crippen LogP contribution is 2.49. The highest BCUT2D eigenvalue weighted by molar-refractivity contribution is 6.26. The number of allylic oxidation sites excluding steroid dienone is 2. The Hall–Kier alpha value is -0.480. The van der Waals surface area contributed by atoms with Crippen molar-refractivity contribution in [3.05, 3.63) is 12.2 Å². The van der Waals surface area contributed by atoms with Crippen LogP contribution in [0.3, 0.4) is 0 Å². The van der Waals surface area contributed by atoms with Gasteiger partial charge in [-0.2, -0.15) is 5.26 Å². The quantitative estimate of drug-likeness (QED) is 0.386. The van der Waals surface area contributed by atoms with Gasteiger partial charge in [-0.1, -0.05) is 12.2 Å². The molecule has 2 aliphatic rings. The fourth-order valence-corrected chi connectivity index (χ4v) is 2.29. The molecule has 0 aromatic rings. The summed E-state index contributed by atoms with van der Waals surface area (Å²) in [5.41, 5.74) is 0. The van der Waals surface area contributed by atoms with E-state index in [1.165, 1.54) is 0 Å². The van der Waals surface area contributed by atoms with Gasteiger partial charge in [-0.3, -0.25) is 0 Å². The molecule has 1 saturated carbocycles. The highest BCUT2D eigenvalue weighted by Gasteiger charge is 2.47. The van der Waals surface area contributed by atoms with Crippen molar-refractivity contribution in [1.29, 1.82) is 5.26 Å². The minimum absolute atomic E-state index is 0.323. The van der Waals surface area contributed by atoms with Crippen molar-refractivity contribution in [1.82, 2.24) is 0 Å². The van der Waals surface area contributed by atoms with Crippen LogP contribution in [0.2, 0.25) is 0 Å². The summed E-state index contributed by atoms with van der Waals surface area (Å²) < 4.78 is 0. The lowest BCUT2D eigenvalue weighted by molar-refractivity contribution is 0.602. The molecule has 2 aliphatic carbocycles. The number of fused-ring (bicyclic) bond motifs is 2. The maximum absolute atomic E-state index is 8.73. The van der Waals surface area contributed by atoms with Crippen LogP contribution in [0.5, 0.6) is 0 Å². The lowest BCUT2D eigenvalue weighted by atomic mass is 9.94. The van der Waals surface area contributed by atoms with Gasteiger partial charge in [0.2, 0.25) is 0 Å². The number of hydrogen-bond donors (Lipinski definition) is 0. The Morgan fingerprint density at radius 3 is 2.70 bits per heavy atom. The van der Waals surface area contributed by atoms with Crippen LogP contribution in [-0.4, -0.2) is 4.87 Å². The largest absolute Gasteiger partial charge is 0.196 e. The summed E-state index contributed by atoms with van der Waals surface area (Å²) in [6, 6.07) is 2.19. The molecule has 0 spiro atoms. The van der Waals surface area contributed by atoms with Crippen LogP contribution in [-0.2, 0) is 0 Å². The Labute approximate surface area is 65.3 Å². The number of halogens is 1. The monoisotopic (exact) mass is 153 g/mol. The molecule has 52 valence electrons. The van der Waals surface area contributed by atoms with E-state index in [0.717, 1.165) is 12.8 Å². The molecule has 0 aromatic heterocycles. The molecular weight excluding hydrogens is 146 g/mol. The Balaban J connectivity index is 2.33. The molecule has 2 rings (SSSR count). The number of nitriles is 1. The van der Waals surface area contributed by atoms with Crippen molar-refractivity contribution in [2.45, 2.75) is 17.7 Å². The van der Waals surface area contributed by atoms with E-state index in [-0.39, 0.29) is 0 Å². The lowest BCUT2D eigenvalue weighted by Crippen LogP contribution is -2.23. The molecular formula is C8H8ClN. The van der Waals surface area contributed by atoms with E-state index in [2.05, 4.69) is 18.2 Å². The maximum Gasteiger partial charge on any atom is 0.137 e. The maximum atomic E-state index is 8.73. The van der Waals surface area contributed by atoms with Crippen molar-refractivity contribution in [2.75, 3.05) is 0 Å². The summed E-state index contributed by atoms with van der Waals surface area (Å²) in [5, 5.41) is 8.73. The molecule has 0 amide bonds. The average molecular weight is 154 g/mol. The first kappa shape index (κ1) is 6.24. The average Bonchev–Trinajstić information content (AvgIpc) is 2.46. The van der Waals surface area contributed by atoms with Gasteiger partial charge in [-0.05, 0) is 18.8 Å². The van der Waals surface area contributed by atoms with Gasteiger partial charge in [0.05, 0.1) is 6.07 Å². The highest BCUT2D eigenvalue weighted by atomic mass is 35.5. The zero-order valence-electron chi connectivity index (χ0n) is 5.55. The van der Waals surface area contributed by atoms with E-state index in [4.69, 9.17) is 16.9 Å². The van der Waals surface area contributed by atoms with Gasteiger partial charge in [0.15, 0.2) is 0 Å². The van der Waals surface area contributed by atoms with E-state index in [1.54, 1.807) is 0 Å². The number of nitrogens with zero attached hydrogens (tertiary/aromatic N) is 1. The summed E-state index contributed by atoms with van der Waals surface area (Å²) in [6.45, 7) is 0. The summed E-state index contributed by atoms with van der Waals surface area (Å²) in [4.78, 5) is -0.556. The molecule has 0 aromatic carbocycles. The van der Waals surface area contributed by atoms with E-state index >= 15 is 0 Å². The molecule has 0 unspecified atom stereocenters. The standard InChI is InChI=1S/C8H8ClN/c9-8(5-10)4-6-1-2-7(8)3-6/h1-2,6-7H,3-4H2/t6-,7+,8+/m1/s1. The van der Waals surface area contributed by atoms with Crippen LogP contribution in [0.25, 0.3) is 0 Å². The van der Waals surface area contributed by atoms with Gasteiger partial charge >= 0.3 is 0 Å². The molecule has 3 atom stereocenters. The summed E-state index contributed by atoms with van der Waals surface area (Å²) in [6.07, 6.45) is 6.22. The van der Waals surface area contributed by atoms with Crippen molar-refractivity contribution in [2.24, 2.45) is 11.8 Å². The second-order valence-corrected chi connectivity index (χ2v) is 3.84. The van der Waals surface area contributed by atoms with E-state index < -0.39 is 4.87 Å². The first-order chi connectivity index (χ1) is 4.74. The molecule has 0 saturated heterocycles. The van der Waals surface area contributed by atoms with Crippen molar-refractivity contribution in [3.63, 3.8) is 0 Å². The lowest BCUT2D eigenvalue weighted by Gasteiger charge is -2.19. The molecule has 0 heterocycles. The van der Waals surface area contributed by atoms with Crippen LogP contribution in [0.4, 0.5) is 0 Å². The number of rotatable bonds is 0. The van der Waals surface area contributed by atoms with Crippen LogP contribution in [0, 0.1) is 23.2 Å². The van der Waals surface area contributed by atoms with Gasteiger partial charge in [-0.25, -0.2) is 0 Å². The van der Waals surface area contributed by atoms with Crippen LogP contribution in [0.1, 0.15) is 12.8 Å². The summed E-state index contributed by atoms with van der Waals surface area (Å²) in [7, 11) is 0. The molecule has 0 N–H and O–H groups in total. The molecule has 0 radical (unpaired) electrons. The Kier molecular flexibility index (Phi) is 1.10. The zero-order valence-corrected chi connectivity index (χ0v) is 6.30. The third kappa shape index (κ3) is 0.630. The molecule has 1 nitrogen and oxygen atoms in total. The second-order valence-electron chi connectivity index (χ2n) is 3.17. The summed E-state index contributed by atoms with van der Waals surface area (Å²) >= 11 is 6.04. The molecule has 0 aliphatic heterocycles. The number of hydrogen-bond acceptors (Lipinski definition) is 1. The van der Waals surface area contributed by atoms with Gasteiger partial charge in [-0.15, -0.1) is 11.6 Å². The van der Waals surface area contributed by atoms with Crippen LogP contribution in [0.15, 0.2) is 12.2 Å². The third-order valence-corrected chi connectivity index (χ3v) is 3.02. The first-order valence-electron chi connectivity index (χ1n) is 3.53. The Morgan fingerprint density at radius 2 is 2.40 bits per heavy atom. The molecule has 1 fully saturated rings. The fraction of sp³-hybridized carbons (Fsp3) is 0.625. The van der Waals surface area contributed by atoms with E-state index in [1.807, 2.05) is 0 Å². The van der Waals surface area contributed by atoms with Crippen LogP contribution < -0.4 is 0 Å². The van der Waals surface area contributed by atoms with Gasteiger partial charge in [0.1, 0.15) is 4.87 Å². The molecule has 10 heavy (non-hydrogen) atoms. The van der Waals surface area contributed by atoms with E-state index in [9.17, 15) is 0 Å². The third-order valence-electron chi connectivity index (χ3n) is 2.51. The smallest absolute Gasteiger partial charge is 0.137 e. The minimum Gasteiger partial charge on any atom is -0.196 e. The van der Waals surface area contributed by atoms with Crippen LogP contribution >= 0.6 is 11.6 Å². The second kappa shape index (κ2) is 1.77. The topological polar surface area (TPSA) is 23.8 Å². The van der Waals surface area contributed by atoms with Gasteiger partial charge in [0, 0.05) is 5.92 Å². The Bertz CT molecular complexity index is 228.